The van der Waals surface area contributed by atoms with Crippen molar-refractivity contribution in [3.05, 3.63) is 53.0 Å². The number of aromatic nitrogens is 1. The lowest BCUT2D eigenvalue weighted by molar-refractivity contribution is 0.191. The first-order valence-electron chi connectivity index (χ1n) is 6.42. The molecule has 5 nitrogen and oxygen atoms in total. The minimum Gasteiger partial charge on any atom is -0.384 e. The van der Waals surface area contributed by atoms with Crippen molar-refractivity contribution in [2.24, 2.45) is 5.84 Å². The molecular weight excluding hydrogens is 238 g/mol. The summed E-state index contributed by atoms with van der Waals surface area (Å²) >= 11 is 0. The molecule has 5 heteroatoms. The molecule has 19 heavy (non-hydrogen) atoms. The van der Waals surface area contributed by atoms with Crippen molar-refractivity contribution in [2.45, 2.75) is 20.4 Å². The fourth-order valence-electron chi connectivity index (χ4n) is 2.04. The van der Waals surface area contributed by atoms with E-state index in [1.165, 1.54) is 16.8 Å². The molecule has 0 amide bonds. The minimum absolute atomic E-state index is 0.672. The summed E-state index contributed by atoms with van der Waals surface area (Å²) in [5, 5.41) is 5.31. The van der Waals surface area contributed by atoms with Crippen LogP contribution in [0.1, 0.15) is 18.2 Å². The monoisotopic (exact) mass is 259 g/mol. The van der Waals surface area contributed by atoms with E-state index in [2.05, 4.69) is 47.9 Å². The lowest BCUT2D eigenvalue weighted by atomic mass is 10.1. The molecule has 0 unspecified atom stereocenters. The molecule has 0 spiro atoms. The lowest BCUT2D eigenvalue weighted by Crippen LogP contribution is -2.45. The van der Waals surface area contributed by atoms with Crippen LogP contribution in [-0.4, -0.2) is 23.1 Å². The Balaban J connectivity index is 2.05. The Morgan fingerprint density at radius 3 is 2.95 bits per heavy atom. The molecule has 0 radical (unpaired) electrons. The smallest absolute Gasteiger partial charge is 0.0588 e. The van der Waals surface area contributed by atoms with E-state index < -0.39 is 0 Å². The highest BCUT2D eigenvalue weighted by Gasteiger charge is 2.12. The van der Waals surface area contributed by atoms with Crippen molar-refractivity contribution in [1.29, 1.82) is 0 Å². The summed E-state index contributed by atoms with van der Waals surface area (Å²) in [6.45, 7) is 6.42. The van der Waals surface area contributed by atoms with Crippen molar-refractivity contribution in [1.82, 2.24) is 20.8 Å². The molecule has 0 atom stereocenters. The van der Waals surface area contributed by atoms with Gasteiger partial charge in [0, 0.05) is 18.4 Å². The van der Waals surface area contributed by atoms with Crippen LogP contribution in [0.3, 0.4) is 0 Å². The maximum absolute atomic E-state index is 5.61. The van der Waals surface area contributed by atoms with Crippen LogP contribution in [0.5, 0.6) is 0 Å². The molecular formula is C14H21N5. The third kappa shape index (κ3) is 3.64. The van der Waals surface area contributed by atoms with Gasteiger partial charge in [-0.15, -0.1) is 0 Å². The largest absolute Gasteiger partial charge is 0.384 e. The summed E-state index contributed by atoms with van der Waals surface area (Å²) in [6, 6.07) is 4.00. The van der Waals surface area contributed by atoms with E-state index in [9.17, 15) is 0 Å². The molecule has 2 rings (SSSR count). The Labute approximate surface area is 114 Å². The molecule has 1 aliphatic heterocycles. The van der Waals surface area contributed by atoms with E-state index in [0.717, 1.165) is 18.8 Å². The van der Waals surface area contributed by atoms with Gasteiger partial charge in [0.2, 0.25) is 0 Å². The fraction of sp³-hybridized carbons (Fsp3) is 0.357. The Kier molecular flexibility index (Phi) is 4.68. The van der Waals surface area contributed by atoms with Crippen molar-refractivity contribution in [3.8, 4) is 0 Å². The van der Waals surface area contributed by atoms with E-state index in [1.807, 2.05) is 17.3 Å². The summed E-state index contributed by atoms with van der Waals surface area (Å²) in [4.78, 5) is 4.39. The van der Waals surface area contributed by atoms with E-state index in [0.29, 0.717) is 6.54 Å². The number of hydrogen-bond donors (Lipinski definition) is 3. The molecule has 0 fully saturated rings. The van der Waals surface area contributed by atoms with Gasteiger partial charge in [0.05, 0.1) is 18.8 Å². The highest BCUT2D eigenvalue weighted by atomic mass is 15.6. The molecule has 102 valence electrons. The van der Waals surface area contributed by atoms with Crippen molar-refractivity contribution >= 4 is 0 Å². The highest BCUT2D eigenvalue weighted by Crippen LogP contribution is 2.11. The van der Waals surface area contributed by atoms with Gasteiger partial charge >= 0.3 is 0 Å². The zero-order valence-corrected chi connectivity index (χ0v) is 11.5. The fourth-order valence-corrected chi connectivity index (χ4v) is 2.04. The normalized spacial score (nSPS) is 14.9. The predicted molar refractivity (Wildman–Crippen MR) is 76.5 cm³/mol. The van der Waals surface area contributed by atoms with Crippen LogP contribution in [0.2, 0.25) is 0 Å². The van der Waals surface area contributed by atoms with Crippen LogP contribution in [0, 0.1) is 6.92 Å². The molecule has 0 aliphatic carbocycles. The average Bonchev–Trinajstić information content (AvgIpc) is 2.42. The quantitative estimate of drug-likeness (QED) is 0.544. The first-order chi connectivity index (χ1) is 9.20. The number of aryl methyl sites for hydroxylation is 1. The standard InChI is InChI=1S/C14H21N5/c1-11-5-3-7-16-13(11)9-19(18-15)10-14-12(2)6-4-8-17-14/h3-7,17-18H,8-10,15H2,1-2H3. The number of nitrogens with one attached hydrogen (secondary N) is 2. The second-order valence-corrected chi connectivity index (χ2v) is 4.70. The molecule has 0 saturated heterocycles. The summed E-state index contributed by atoms with van der Waals surface area (Å²) < 4.78 is 0. The second-order valence-electron chi connectivity index (χ2n) is 4.70. The summed E-state index contributed by atoms with van der Waals surface area (Å²) in [5.74, 6) is 5.61. The van der Waals surface area contributed by atoms with Gasteiger partial charge in [-0.2, -0.15) is 5.53 Å². The first kappa shape index (κ1) is 13.7. The van der Waals surface area contributed by atoms with E-state index in [4.69, 9.17) is 5.84 Å². The van der Waals surface area contributed by atoms with Crippen LogP contribution >= 0.6 is 0 Å². The van der Waals surface area contributed by atoms with Crippen LogP contribution in [-0.2, 0) is 6.54 Å². The maximum atomic E-state index is 5.61. The van der Waals surface area contributed by atoms with Gasteiger partial charge in [-0.25, -0.2) is 5.01 Å². The Hall–Kier alpha value is -1.69. The summed E-state index contributed by atoms with van der Waals surface area (Å²) in [6.07, 6.45) is 6.05. The minimum atomic E-state index is 0.672. The van der Waals surface area contributed by atoms with Gasteiger partial charge in [0.1, 0.15) is 0 Å². The van der Waals surface area contributed by atoms with Crippen molar-refractivity contribution in [2.75, 3.05) is 13.1 Å². The summed E-state index contributed by atoms with van der Waals surface area (Å²) in [7, 11) is 0. The Bertz CT molecular complexity index is 492. The molecule has 1 aliphatic rings. The van der Waals surface area contributed by atoms with Gasteiger partial charge in [0.15, 0.2) is 0 Å². The third-order valence-corrected chi connectivity index (χ3v) is 3.27. The summed E-state index contributed by atoms with van der Waals surface area (Å²) in [5.41, 5.74) is 7.37. The molecule has 0 bridgehead atoms. The zero-order valence-electron chi connectivity index (χ0n) is 11.5. The molecule has 1 aromatic heterocycles. The van der Waals surface area contributed by atoms with Crippen molar-refractivity contribution < 1.29 is 0 Å². The van der Waals surface area contributed by atoms with Gasteiger partial charge in [-0.05, 0) is 31.1 Å². The molecule has 4 N–H and O–H groups in total. The number of nitrogens with two attached hydrogens (primary N) is 1. The number of hydrazine groups is 2. The van der Waals surface area contributed by atoms with Gasteiger partial charge < -0.3 is 5.32 Å². The Morgan fingerprint density at radius 2 is 2.26 bits per heavy atom. The van der Waals surface area contributed by atoms with E-state index in [1.54, 1.807) is 0 Å². The van der Waals surface area contributed by atoms with Crippen LogP contribution in [0.15, 0.2) is 41.8 Å². The molecule has 0 saturated carbocycles. The van der Waals surface area contributed by atoms with Crippen LogP contribution in [0.25, 0.3) is 0 Å². The number of nitrogens with zero attached hydrogens (tertiary/aromatic N) is 2. The van der Waals surface area contributed by atoms with Gasteiger partial charge in [0.25, 0.3) is 0 Å². The molecule has 2 heterocycles. The topological polar surface area (TPSA) is 66.2 Å². The maximum Gasteiger partial charge on any atom is 0.0588 e. The number of pyridine rings is 1. The Morgan fingerprint density at radius 1 is 1.42 bits per heavy atom. The highest BCUT2D eigenvalue weighted by molar-refractivity contribution is 5.27. The van der Waals surface area contributed by atoms with E-state index >= 15 is 0 Å². The van der Waals surface area contributed by atoms with E-state index in [-0.39, 0.29) is 0 Å². The van der Waals surface area contributed by atoms with Gasteiger partial charge in [-0.1, -0.05) is 18.2 Å². The second kappa shape index (κ2) is 6.47. The molecule has 1 aromatic rings. The zero-order chi connectivity index (χ0) is 13.7. The van der Waals surface area contributed by atoms with Crippen LogP contribution in [0.4, 0.5) is 0 Å². The van der Waals surface area contributed by atoms with Gasteiger partial charge in [-0.3, -0.25) is 10.8 Å². The average molecular weight is 259 g/mol. The van der Waals surface area contributed by atoms with Crippen molar-refractivity contribution in [3.63, 3.8) is 0 Å². The SMILES string of the molecule is CC1=C(CN(Cc2ncccc2C)NN)NCC=C1. The van der Waals surface area contributed by atoms with Crippen LogP contribution < -0.4 is 16.7 Å². The number of allylic oxidation sites excluding steroid dienone is 2. The number of rotatable bonds is 5. The number of dihydropyridines is 1. The predicted octanol–water partition coefficient (Wildman–Crippen LogP) is 1.00. The first-order valence-corrected chi connectivity index (χ1v) is 6.42. The number of hydrogen-bond acceptors (Lipinski definition) is 5. The molecule has 0 aromatic carbocycles. The third-order valence-electron chi connectivity index (χ3n) is 3.27. The lowest BCUT2D eigenvalue weighted by Gasteiger charge is -2.25.